The third-order valence-corrected chi connectivity index (χ3v) is 10.2. The Morgan fingerprint density at radius 2 is 0.923 bits per heavy atom. The fourth-order valence-corrected chi connectivity index (χ4v) is 8.00. The minimum atomic E-state index is -0.618. The van der Waals surface area contributed by atoms with E-state index in [0.717, 1.165) is 67.1 Å². The van der Waals surface area contributed by atoms with E-state index in [1.54, 1.807) is 0 Å². The van der Waals surface area contributed by atoms with Crippen molar-refractivity contribution in [2.75, 3.05) is 0 Å². The average Bonchev–Trinajstić information content (AvgIpc) is 3.51. The van der Waals surface area contributed by atoms with Crippen molar-refractivity contribution >= 4 is 0 Å². The van der Waals surface area contributed by atoms with E-state index in [1.807, 2.05) is 97.1 Å². The normalized spacial score (nSPS) is 12.9. The van der Waals surface area contributed by atoms with Gasteiger partial charge in [-0.2, -0.15) is 5.26 Å². The molecule has 0 amide bonds. The number of nitrogens with zero attached hydrogens (tertiary/aromatic N) is 4. The van der Waals surface area contributed by atoms with Crippen molar-refractivity contribution in [1.82, 2.24) is 15.0 Å². The highest BCUT2D eigenvalue weighted by Crippen LogP contribution is 2.63. The predicted molar refractivity (Wildman–Crippen MR) is 204 cm³/mol. The maximum Gasteiger partial charge on any atom is 0.164 e. The first kappa shape index (κ1) is 29.7. The zero-order valence-electron chi connectivity index (χ0n) is 27.9. The van der Waals surface area contributed by atoms with Gasteiger partial charge in [-0.05, 0) is 57.6 Å². The van der Waals surface area contributed by atoms with Gasteiger partial charge >= 0.3 is 0 Å². The van der Waals surface area contributed by atoms with Crippen LogP contribution in [-0.2, 0) is 5.41 Å². The molecule has 5 nitrogen and oxygen atoms in total. The molecule has 0 atom stereocenters. The maximum atomic E-state index is 10.1. The number of para-hydroxylation sites is 2. The topological polar surface area (TPSA) is 71.7 Å². The molecular formula is C47H28N4O. The molecule has 7 aromatic carbocycles. The van der Waals surface area contributed by atoms with Gasteiger partial charge in [0.2, 0.25) is 0 Å². The quantitative estimate of drug-likeness (QED) is 0.187. The van der Waals surface area contributed by atoms with E-state index in [-0.39, 0.29) is 0 Å². The third-order valence-electron chi connectivity index (χ3n) is 10.2. The summed E-state index contributed by atoms with van der Waals surface area (Å²) in [4.78, 5) is 14.7. The SMILES string of the molecule is N#Cc1ccc2c(c1)-c1c(-c3ccc(-c4nc(-c5ccccc5)nc(-c5ccccc5)n4)cc3)cccc1C21c2ccccc2Oc2ccccc21. The van der Waals surface area contributed by atoms with Gasteiger partial charge in [-0.25, -0.2) is 15.0 Å². The largest absolute Gasteiger partial charge is 0.457 e. The lowest BCUT2D eigenvalue weighted by atomic mass is 9.66. The number of nitriles is 1. The Kier molecular flexibility index (Phi) is 6.70. The number of benzene rings is 7. The summed E-state index contributed by atoms with van der Waals surface area (Å²) in [5.41, 5.74) is 11.6. The highest BCUT2D eigenvalue weighted by Gasteiger charge is 2.51. The minimum Gasteiger partial charge on any atom is -0.457 e. The van der Waals surface area contributed by atoms with Crippen molar-refractivity contribution in [2.24, 2.45) is 0 Å². The molecule has 0 saturated heterocycles. The van der Waals surface area contributed by atoms with E-state index in [1.165, 1.54) is 5.56 Å². The molecule has 2 aliphatic rings. The van der Waals surface area contributed by atoms with E-state index in [0.29, 0.717) is 23.0 Å². The highest BCUT2D eigenvalue weighted by molar-refractivity contribution is 5.97. The Morgan fingerprint density at radius 3 is 1.50 bits per heavy atom. The minimum absolute atomic E-state index is 0.607. The van der Waals surface area contributed by atoms with E-state index < -0.39 is 5.41 Å². The van der Waals surface area contributed by atoms with Crippen LogP contribution in [0.2, 0.25) is 0 Å². The molecule has 0 fully saturated rings. The molecule has 8 aromatic rings. The molecule has 1 aliphatic heterocycles. The van der Waals surface area contributed by atoms with Crippen LogP contribution in [0.5, 0.6) is 11.5 Å². The van der Waals surface area contributed by atoms with Crippen LogP contribution in [0.25, 0.3) is 56.4 Å². The van der Waals surface area contributed by atoms with Gasteiger partial charge in [0.25, 0.3) is 0 Å². The predicted octanol–water partition coefficient (Wildman–Crippen LogP) is 10.9. The Hall–Kier alpha value is -7.16. The Balaban J connectivity index is 1.16. The first-order chi connectivity index (χ1) is 25.7. The number of ether oxygens (including phenoxy) is 1. The first-order valence-corrected chi connectivity index (χ1v) is 17.3. The molecule has 242 valence electrons. The van der Waals surface area contributed by atoms with Gasteiger partial charge in [-0.1, -0.05) is 146 Å². The number of aromatic nitrogens is 3. The first-order valence-electron chi connectivity index (χ1n) is 17.3. The number of hydrogen-bond acceptors (Lipinski definition) is 5. The summed E-state index contributed by atoms with van der Waals surface area (Å²) in [6, 6.07) is 60.2. The summed E-state index contributed by atoms with van der Waals surface area (Å²) in [5, 5.41) is 10.1. The second-order valence-corrected chi connectivity index (χ2v) is 13.1. The summed E-state index contributed by atoms with van der Waals surface area (Å²) in [5.74, 6) is 3.53. The van der Waals surface area contributed by atoms with Gasteiger partial charge in [-0.15, -0.1) is 0 Å². The summed E-state index contributed by atoms with van der Waals surface area (Å²) in [7, 11) is 0. The van der Waals surface area contributed by atoms with Crippen LogP contribution in [0.1, 0.15) is 27.8 Å². The molecular weight excluding hydrogens is 637 g/mol. The summed E-state index contributed by atoms with van der Waals surface area (Å²) in [6.07, 6.45) is 0. The molecule has 5 heteroatoms. The van der Waals surface area contributed by atoms with Crippen molar-refractivity contribution in [2.45, 2.75) is 5.41 Å². The van der Waals surface area contributed by atoms with Gasteiger partial charge in [0.15, 0.2) is 17.5 Å². The molecule has 1 spiro atoms. The second kappa shape index (κ2) is 11.7. The van der Waals surface area contributed by atoms with Gasteiger partial charge < -0.3 is 4.74 Å². The second-order valence-electron chi connectivity index (χ2n) is 13.1. The third kappa shape index (κ3) is 4.45. The van der Waals surface area contributed by atoms with E-state index in [2.05, 4.69) is 78.9 Å². The van der Waals surface area contributed by atoms with Crippen molar-refractivity contribution in [3.63, 3.8) is 0 Å². The van der Waals surface area contributed by atoms with Crippen LogP contribution in [0.4, 0.5) is 0 Å². The van der Waals surface area contributed by atoms with Crippen molar-refractivity contribution in [3.8, 4) is 74.0 Å². The molecule has 10 rings (SSSR count). The summed E-state index contributed by atoms with van der Waals surface area (Å²) < 4.78 is 6.51. The number of hydrogen-bond donors (Lipinski definition) is 0. The van der Waals surface area contributed by atoms with Crippen molar-refractivity contribution < 1.29 is 4.74 Å². The lowest BCUT2D eigenvalue weighted by molar-refractivity contribution is 0.436. The van der Waals surface area contributed by atoms with Crippen LogP contribution in [0, 0.1) is 11.3 Å². The fraction of sp³-hybridized carbons (Fsp3) is 0.0213. The van der Waals surface area contributed by atoms with Crippen LogP contribution >= 0.6 is 0 Å². The molecule has 0 unspecified atom stereocenters. The lowest BCUT2D eigenvalue weighted by Crippen LogP contribution is -2.32. The standard InChI is InChI=1S/C47H28N4O/c48-29-30-22-27-37-36(28-30)43-35(16-11-19-40(43)47(37)38-17-7-9-20-41(38)52-42-21-10-8-18-39(42)47)31-23-25-34(26-24-31)46-50-44(32-12-3-1-4-13-32)49-45(51-46)33-14-5-2-6-15-33/h1-28H. The molecule has 0 saturated carbocycles. The Morgan fingerprint density at radius 1 is 0.423 bits per heavy atom. The monoisotopic (exact) mass is 664 g/mol. The summed E-state index contributed by atoms with van der Waals surface area (Å²) >= 11 is 0. The molecule has 0 radical (unpaired) electrons. The number of rotatable bonds is 4. The van der Waals surface area contributed by atoms with E-state index >= 15 is 0 Å². The molecule has 0 bridgehead atoms. The molecule has 2 heterocycles. The maximum absolute atomic E-state index is 10.1. The Bertz CT molecular complexity index is 2610. The zero-order chi connectivity index (χ0) is 34.6. The highest BCUT2D eigenvalue weighted by atomic mass is 16.5. The van der Waals surface area contributed by atoms with Gasteiger partial charge in [-0.3, -0.25) is 0 Å². The van der Waals surface area contributed by atoms with Gasteiger partial charge in [0.1, 0.15) is 11.5 Å². The lowest BCUT2D eigenvalue weighted by Gasteiger charge is -2.39. The number of fused-ring (bicyclic) bond motifs is 9. The van der Waals surface area contributed by atoms with Crippen LogP contribution in [0.15, 0.2) is 170 Å². The van der Waals surface area contributed by atoms with Crippen molar-refractivity contribution in [3.05, 3.63) is 198 Å². The van der Waals surface area contributed by atoms with Crippen molar-refractivity contribution in [1.29, 1.82) is 5.26 Å². The molecule has 1 aromatic heterocycles. The van der Waals surface area contributed by atoms with E-state index in [9.17, 15) is 5.26 Å². The molecule has 0 N–H and O–H groups in total. The van der Waals surface area contributed by atoms with Gasteiger partial charge in [0, 0.05) is 27.8 Å². The summed E-state index contributed by atoms with van der Waals surface area (Å²) in [6.45, 7) is 0. The van der Waals surface area contributed by atoms with Gasteiger partial charge in [0.05, 0.1) is 17.0 Å². The Labute approximate surface area is 301 Å². The van der Waals surface area contributed by atoms with E-state index in [4.69, 9.17) is 19.7 Å². The van der Waals surface area contributed by atoms with Crippen LogP contribution in [-0.4, -0.2) is 15.0 Å². The molecule has 52 heavy (non-hydrogen) atoms. The average molecular weight is 665 g/mol. The fourth-order valence-electron chi connectivity index (χ4n) is 8.00. The van der Waals surface area contributed by atoms with Crippen LogP contribution in [0.3, 0.4) is 0 Å². The zero-order valence-corrected chi connectivity index (χ0v) is 27.9. The molecule has 1 aliphatic carbocycles. The van der Waals surface area contributed by atoms with Crippen LogP contribution < -0.4 is 4.74 Å². The smallest absolute Gasteiger partial charge is 0.164 e.